The summed E-state index contributed by atoms with van der Waals surface area (Å²) in [6.07, 6.45) is 3.23. The fraction of sp³-hybridized carbons (Fsp3) is 0.111. The molecular weight excluding hydrogens is 472 g/mol. The van der Waals surface area contributed by atoms with Crippen molar-refractivity contribution in [3.63, 3.8) is 0 Å². The SMILES string of the molecule is CC(=O)C(F)(F)c1ccc(CC(=O)Nc2ccc(-c3nccnc3-c3ccc(Cl)cc3)cc2)cc1. The van der Waals surface area contributed by atoms with Crippen LogP contribution in [0.2, 0.25) is 5.02 Å². The smallest absolute Gasteiger partial charge is 0.326 e. The Morgan fingerprint density at radius 2 is 1.34 bits per heavy atom. The molecule has 4 aromatic rings. The Morgan fingerprint density at radius 1 is 0.829 bits per heavy atom. The monoisotopic (exact) mass is 491 g/mol. The van der Waals surface area contributed by atoms with Gasteiger partial charge in [-0.05, 0) is 29.8 Å². The molecular formula is C27H20ClF2N3O2. The normalized spacial score (nSPS) is 11.2. The number of carbonyl (C=O) groups excluding carboxylic acids is 2. The van der Waals surface area contributed by atoms with E-state index in [2.05, 4.69) is 15.3 Å². The summed E-state index contributed by atoms with van der Waals surface area (Å²) in [5, 5.41) is 3.42. The Kier molecular flexibility index (Phi) is 6.98. The van der Waals surface area contributed by atoms with Gasteiger partial charge in [0.2, 0.25) is 11.7 Å². The average molecular weight is 492 g/mol. The zero-order valence-electron chi connectivity index (χ0n) is 18.6. The highest BCUT2D eigenvalue weighted by molar-refractivity contribution is 6.30. The Bertz CT molecular complexity index is 1360. The average Bonchev–Trinajstić information content (AvgIpc) is 2.85. The lowest BCUT2D eigenvalue weighted by Gasteiger charge is -2.13. The van der Waals surface area contributed by atoms with Crippen molar-refractivity contribution in [3.8, 4) is 22.5 Å². The number of ketones is 1. The van der Waals surface area contributed by atoms with Crippen LogP contribution in [-0.4, -0.2) is 21.7 Å². The topological polar surface area (TPSA) is 72.0 Å². The number of rotatable bonds is 7. The van der Waals surface area contributed by atoms with Crippen molar-refractivity contribution in [2.45, 2.75) is 19.3 Å². The number of aromatic nitrogens is 2. The molecule has 5 nitrogen and oxygen atoms in total. The molecule has 1 heterocycles. The molecule has 8 heteroatoms. The number of nitrogens with one attached hydrogen (secondary N) is 1. The first kappa shape index (κ1) is 24.2. The van der Waals surface area contributed by atoms with Gasteiger partial charge in [0, 0.05) is 46.7 Å². The Labute approximate surface area is 205 Å². The first-order valence-corrected chi connectivity index (χ1v) is 11.1. The summed E-state index contributed by atoms with van der Waals surface area (Å²) in [7, 11) is 0. The van der Waals surface area contributed by atoms with Gasteiger partial charge in [0.05, 0.1) is 17.8 Å². The van der Waals surface area contributed by atoms with E-state index in [0.717, 1.165) is 30.2 Å². The number of Topliss-reactive ketones (excluding diaryl/α,β-unsaturated/α-hetero) is 1. The third-order valence-electron chi connectivity index (χ3n) is 5.38. The zero-order valence-corrected chi connectivity index (χ0v) is 19.4. The van der Waals surface area contributed by atoms with Crippen molar-refractivity contribution in [2.75, 3.05) is 5.32 Å². The zero-order chi connectivity index (χ0) is 25.0. The van der Waals surface area contributed by atoms with Gasteiger partial charge in [-0.3, -0.25) is 19.6 Å². The van der Waals surface area contributed by atoms with Crippen LogP contribution in [-0.2, 0) is 21.9 Å². The molecule has 176 valence electrons. The fourth-order valence-electron chi connectivity index (χ4n) is 3.51. The molecule has 0 saturated carbocycles. The number of anilines is 1. The molecule has 0 bridgehead atoms. The largest absolute Gasteiger partial charge is 0.330 e. The third-order valence-corrected chi connectivity index (χ3v) is 5.63. The molecule has 0 aliphatic heterocycles. The van der Waals surface area contributed by atoms with E-state index in [1.54, 1.807) is 36.7 Å². The van der Waals surface area contributed by atoms with E-state index in [9.17, 15) is 18.4 Å². The van der Waals surface area contributed by atoms with Gasteiger partial charge in [0.1, 0.15) is 0 Å². The molecule has 4 rings (SSSR count). The maximum Gasteiger partial charge on any atom is 0.330 e. The first-order chi connectivity index (χ1) is 16.7. The van der Waals surface area contributed by atoms with E-state index in [0.29, 0.717) is 27.7 Å². The third kappa shape index (κ3) is 5.58. The van der Waals surface area contributed by atoms with E-state index in [1.165, 1.54) is 12.1 Å². The summed E-state index contributed by atoms with van der Waals surface area (Å²) in [4.78, 5) is 32.5. The highest BCUT2D eigenvalue weighted by Crippen LogP contribution is 2.30. The number of hydrogen-bond acceptors (Lipinski definition) is 4. The van der Waals surface area contributed by atoms with Crippen LogP contribution >= 0.6 is 11.6 Å². The number of carbonyl (C=O) groups is 2. The Balaban J connectivity index is 1.45. The quantitative estimate of drug-likeness (QED) is 0.328. The van der Waals surface area contributed by atoms with Gasteiger partial charge >= 0.3 is 5.92 Å². The summed E-state index contributed by atoms with van der Waals surface area (Å²) < 4.78 is 27.6. The first-order valence-electron chi connectivity index (χ1n) is 10.7. The van der Waals surface area contributed by atoms with Gasteiger partial charge in [-0.15, -0.1) is 0 Å². The van der Waals surface area contributed by atoms with Crippen LogP contribution in [0.5, 0.6) is 0 Å². The molecule has 0 aliphatic carbocycles. The van der Waals surface area contributed by atoms with E-state index < -0.39 is 17.3 Å². The Morgan fingerprint density at radius 3 is 1.86 bits per heavy atom. The number of halogens is 3. The molecule has 1 aromatic heterocycles. The molecule has 0 fully saturated rings. The molecule has 1 N–H and O–H groups in total. The van der Waals surface area contributed by atoms with Gasteiger partial charge in [-0.2, -0.15) is 8.78 Å². The number of hydrogen-bond donors (Lipinski definition) is 1. The number of amides is 1. The molecule has 0 radical (unpaired) electrons. The van der Waals surface area contributed by atoms with Crippen molar-refractivity contribution in [1.29, 1.82) is 0 Å². The number of benzene rings is 3. The fourth-order valence-corrected chi connectivity index (χ4v) is 3.63. The lowest BCUT2D eigenvalue weighted by Crippen LogP contribution is -2.23. The van der Waals surface area contributed by atoms with Gasteiger partial charge in [0.15, 0.2) is 0 Å². The van der Waals surface area contributed by atoms with Crippen molar-refractivity contribution in [1.82, 2.24) is 9.97 Å². The number of alkyl halides is 2. The van der Waals surface area contributed by atoms with Crippen LogP contribution in [0.15, 0.2) is 85.2 Å². The van der Waals surface area contributed by atoms with Crippen LogP contribution in [0.1, 0.15) is 18.1 Å². The summed E-state index contributed by atoms with van der Waals surface area (Å²) in [5.74, 6) is -5.07. The second-order valence-corrected chi connectivity index (χ2v) is 8.33. The van der Waals surface area contributed by atoms with Gasteiger partial charge in [-0.1, -0.05) is 60.1 Å². The minimum atomic E-state index is -3.54. The summed E-state index contributed by atoms with van der Waals surface area (Å²) in [5.41, 5.74) is 3.83. The molecule has 0 spiro atoms. The predicted molar refractivity (Wildman–Crippen MR) is 131 cm³/mol. The summed E-state index contributed by atoms with van der Waals surface area (Å²) >= 11 is 5.99. The van der Waals surface area contributed by atoms with Crippen LogP contribution in [0, 0.1) is 0 Å². The van der Waals surface area contributed by atoms with Crippen LogP contribution in [0.25, 0.3) is 22.5 Å². The van der Waals surface area contributed by atoms with Crippen molar-refractivity contribution < 1.29 is 18.4 Å². The van der Waals surface area contributed by atoms with E-state index in [1.807, 2.05) is 24.3 Å². The van der Waals surface area contributed by atoms with Crippen molar-refractivity contribution in [2.24, 2.45) is 0 Å². The molecule has 3 aromatic carbocycles. The minimum absolute atomic E-state index is 0.00144. The van der Waals surface area contributed by atoms with Gasteiger partial charge in [0.25, 0.3) is 0 Å². The summed E-state index contributed by atoms with van der Waals surface area (Å²) in [6, 6.07) is 19.7. The van der Waals surface area contributed by atoms with E-state index in [-0.39, 0.29) is 12.3 Å². The lowest BCUT2D eigenvalue weighted by atomic mass is 10.0. The molecule has 1 amide bonds. The Hall–Kier alpha value is -3.97. The summed E-state index contributed by atoms with van der Waals surface area (Å²) in [6.45, 7) is 0.843. The van der Waals surface area contributed by atoms with E-state index >= 15 is 0 Å². The maximum absolute atomic E-state index is 13.8. The second kappa shape index (κ2) is 10.1. The second-order valence-electron chi connectivity index (χ2n) is 7.89. The highest BCUT2D eigenvalue weighted by atomic mass is 35.5. The molecule has 0 unspecified atom stereocenters. The van der Waals surface area contributed by atoms with Gasteiger partial charge < -0.3 is 5.32 Å². The maximum atomic E-state index is 13.8. The van der Waals surface area contributed by atoms with Crippen LogP contribution in [0.4, 0.5) is 14.5 Å². The molecule has 0 aliphatic rings. The molecule has 0 atom stereocenters. The van der Waals surface area contributed by atoms with Crippen molar-refractivity contribution in [3.05, 3.63) is 101 Å². The van der Waals surface area contributed by atoms with Crippen LogP contribution in [0.3, 0.4) is 0 Å². The van der Waals surface area contributed by atoms with Crippen LogP contribution < -0.4 is 5.32 Å². The minimum Gasteiger partial charge on any atom is -0.326 e. The van der Waals surface area contributed by atoms with Gasteiger partial charge in [-0.25, -0.2) is 0 Å². The van der Waals surface area contributed by atoms with E-state index in [4.69, 9.17) is 11.6 Å². The predicted octanol–water partition coefficient (Wildman–Crippen LogP) is 6.33. The molecule has 0 saturated heterocycles. The lowest BCUT2D eigenvalue weighted by molar-refractivity contribution is -0.141. The molecule has 35 heavy (non-hydrogen) atoms. The highest BCUT2D eigenvalue weighted by Gasteiger charge is 2.37. The standard InChI is InChI=1S/C27H20ClF2N3O2/c1-17(34)27(29,30)21-8-2-18(3-9-21)16-24(35)33-23-12-6-20(7-13-23)26-25(31-14-15-32-26)19-4-10-22(28)11-5-19/h2-15H,16H2,1H3,(H,33,35). The van der Waals surface area contributed by atoms with Crippen molar-refractivity contribution >= 4 is 29.0 Å². The number of nitrogens with zero attached hydrogens (tertiary/aromatic N) is 2.